The predicted octanol–water partition coefficient (Wildman–Crippen LogP) is 1.29. The lowest BCUT2D eigenvalue weighted by Crippen LogP contribution is -2.55. The summed E-state index contributed by atoms with van der Waals surface area (Å²) >= 11 is 0. The van der Waals surface area contributed by atoms with Crippen molar-refractivity contribution in [1.29, 1.82) is 0 Å². The molecule has 0 heterocycles. The van der Waals surface area contributed by atoms with Crippen molar-refractivity contribution >= 4 is 28.7 Å². The summed E-state index contributed by atoms with van der Waals surface area (Å²) in [6, 6.07) is 11.3. The number of urea groups is 1. The highest BCUT2D eigenvalue weighted by Gasteiger charge is 2.32. The minimum absolute atomic E-state index is 0.0373. The maximum Gasteiger partial charge on any atom is 0.326 e. The van der Waals surface area contributed by atoms with Crippen LogP contribution in [0.3, 0.4) is 0 Å². The Balaban J connectivity index is 2.07. The number of carboxylic acids is 1. The average Bonchev–Trinajstić information content (AvgIpc) is 2.75. The molecule has 186 valence electrons. The van der Waals surface area contributed by atoms with Gasteiger partial charge in [0.25, 0.3) is 5.97 Å². The second kappa shape index (κ2) is 12.3. The second-order valence-corrected chi connectivity index (χ2v) is 8.57. The van der Waals surface area contributed by atoms with E-state index in [2.05, 4.69) is 10.6 Å². The number of fused-ring (bicyclic) bond motifs is 1. The topological polar surface area (TPSA) is 148 Å². The van der Waals surface area contributed by atoms with E-state index < -0.39 is 30.6 Å². The van der Waals surface area contributed by atoms with Crippen molar-refractivity contribution in [1.82, 2.24) is 15.5 Å². The molecule has 0 aliphatic carbocycles. The van der Waals surface area contributed by atoms with Crippen LogP contribution in [0.15, 0.2) is 42.5 Å². The smallest absolute Gasteiger partial charge is 0.326 e. The van der Waals surface area contributed by atoms with Crippen LogP contribution in [0.2, 0.25) is 0 Å². The molecular weight excluding hydrogens is 442 g/mol. The SMILES string of the molecule is CC(=O)NCCOC(O)(O)CN(CC(C)C)C(=O)N[C@@H](Cc1ccc2ccccc2c1)C(=O)O. The summed E-state index contributed by atoms with van der Waals surface area (Å²) in [6.45, 7) is 4.36. The fourth-order valence-corrected chi connectivity index (χ4v) is 3.44. The first-order chi connectivity index (χ1) is 16.0. The molecule has 10 nitrogen and oxygen atoms in total. The Bertz CT molecular complexity index is 993. The molecule has 1 atom stereocenters. The first-order valence-electron chi connectivity index (χ1n) is 11.1. The van der Waals surface area contributed by atoms with E-state index in [4.69, 9.17) is 4.74 Å². The fourth-order valence-electron chi connectivity index (χ4n) is 3.44. The summed E-state index contributed by atoms with van der Waals surface area (Å²) in [5.41, 5.74) is 0.738. The van der Waals surface area contributed by atoms with Gasteiger partial charge in [0.15, 0.2) is 0 Å². The normalized spacial score (nSPS) is 12.4. The summed E-state index contributed by atoms with van der Waals surface area (Å²) in [4.78, 5) is 36.8. The largest absolute Gasteiger partial charge is 0.480 e. The number of rotatable bonds is 12. The molecule has 2 rings (SSSR count). The molecule has 2 aromatic carbocycles. The Labute approximate surface area is 198 Å². The molecule has 2 aromatic rings. The minimum atomic E-state index is -2.68. The highest BCUT2D eigenvalue weighted by atomic mass is 16.8. The zero-order valence-electron chi connectivity index (χ0n) is 19.7. The van der Waals surface area contributed by atoms with Crippen molar-refractivity contribution < 1.29 is 34.4 Å². The lowest BCUT2D eigenvalue weighted by atomic mass is 10.0. The highest BCUT2D eigenvalue weighted by molar-refractivity contribution is 5.85. The van der Waals surface area contributed by atoms with E-state index in [0.29, 0.717) is 0 Å². The van der Waals surface area contributed by atoms with Crippen molar-refractivity contribution in [2.75, 3.05) is 26.2 Å². The Hall–Kier alpha value is -3.21. The van der Waals surface area contributed by atoms with Gasteiger partial charge in [-0.2, -0.15) is 0 Å². The molecular formula is C24H33N3O7. The maximum absolute atomic E-state index is 12.9. The molecule has 0 fully saturated rings. The fraction of sp³-hybridized carbons (Fsp3) is 0.458. The van der Waals surface area contributed by atoms with Crippen LogP contribution in [0.5, 0.6) is 0 Å². The van der Waals surface area contributed by atoms with Crippen molar-refractivity contribution in [3.63, 3.8) is 0 Å². The lowest BCUT2D eigenvalue weighted by molar-refractivity contribution is -0.339. The van der Waals surface area contributed by atoms with Gasteiger partial charge in [0.1, 0.15) is 12.6 Å². The summed E-state index contributed by atoms with van der Waals surface area (Å²) < 4.78 is 4.99. The van der Waals surface area contributed by atoms with Crippen LogP contribution >= 0.6 is 0 Å². The third kappa shape index (κ3) is 8.97. The summed E-state index contributed by atoms with van der Waals surface area (Å²) in [5, 5.41) is 36.9. The third-order valence-electron chi connectivity index (χ3n) is 4.93. The molecule has 0 aliphatic heterocycles. The van der Waals surface area contributed by atoms with E-state index >= 15 is 0 Å². The number of nitrogens with zero attached hydrogens (tertiary/aromatic N) is 1. The van der Waals surface area contributed by atoms with Crippen LogP contribution in [0.1, 0.15) is 26.3 Å². The molecule has 34 heavy (non-hydrogen) atoms. The number of nitrogens with one attached hydrogen (secondary N) is 2. The average molecular weight is 476 g/mol. The van der Waals surface area contributed by atoms with Gasteiger partial charge in [0.2, 0.25) is 5.91 Å². The van der Waals surface area contributed by atoms with Crippen LogP contribution < -0.4 is 10.6 Å². The molecule has 10 heteroatoms. The number of hydrogen-bond donors (Lipinski definition) is 5. The molecule has 3 amide bonds. The number of aliphatic hydroxyl groups is 2. The quantitative estimate of drug-likeness (QED) is 0.229. The van der Waals surface area contributed by atoms with E-state index in [0.717, 1.165) is 21.2 Å². The molecule has 0 aromatic heterocycles. The van der Waals surface area contributed by atoms with E-state index in [1.54, 1.807) is 0 Å². The van der Waals surface area contributed by atoms with Crippen molar-refractivity contribution in [2.24, 2.45) is 5.92 Å². The Morgan fingerprint density at radius 3 is 2.38 bits per heavy atom. The molecule has 0 saturated heterocycles. The van der Waals surface area contributed by atoms with Gasteiger partial charge in [0, 0.05) is 26.4 Å². The number of carbonyl (C=O) groups excluding carboxylic acids is 2. The standard InChI is InChI=1S/C24H33N3O7/c1-16(2)14-27(15-24(32,33)34-11-10-25-17(3)28)23(31)26-21(22(29)30)13-18-8-9-19-6-4-5-7-20(19)12-18/h4-9,12,16,21,32-33H,10-11,13-15H2,1-3H3,(H,25,28)(H,26,31)(H,29,30)/t21-/m0/s1. The summed E-state index contributed by atoms with van der Waals surface area (Å²) in [7, 11) is 0. The van der Waals surface area contributed by atoms with Gasteiger partial charge < -0.3 is 35.6 Å². The van der Waals surface area contributed by atoms with Crippen molar-refractivity contribution in [3.8, 4) is 0 Å². The van der Waals surface area contributed by atoms with Crippen molar-refractivity contribution in [3.05, 3.63) is 48.0 Å². The number of carboxylic acid groups (broad SMARTS) is 1. The van der Waals surface area contributed by atoms with Crippen molar-refractivity contribution in [2.45, 2.75) is 39.2 Å². The third-order valence-corrected chi connectivity index (χ3v) is 4.93. The summed E-state index contributed by atoms with van der Waals surface area (Å²) in [6.07, 6.45) is 0.0536. The number of aliphatic carboxylic acids is 1. The van der Waals surface area contributed by atoms with Crippen LogP contribution in [-0.4, -0.2) is 76.4 Å². The Morgan fingerprint density at radius 2 is 1.76 bits per heavy atom. The second-order valence-electron chi connectivity index (χ2n) is 8.57. The Kier molecular flexibility index (Phi) is 9.79. The first-order valence-corrected chi connectivity index (χ1v) is 11.1. The van der Waals surface area contributed by atoms with E-state index in [9.17, 15) is 29.7 Å². The van der Waals surface area contributed by atoms with Gasteiger partial charge in [0.05, 0.1) is 6.61 Å². The molecule has 0 unspecified atom stereocenters. The minimum Gasteiger partial charge on any atom is -0.480 e. The van der Waals surface area contributed by atoms with Gasteiger partial charge in [-0.3, -0.25) is 4.79 Å². The molecule has 0 aliphatic rings. The molecule has 0 radical (unpaired) electrons. The van der Waals surface area contributed by atoms with Crippen LogP contribution in [-0.2, 0) is 20.7 Å². The summed E-state index contributed by atoms with van der Waals surface area (Å²) in [5.74, 6) is -4.22. The lowest BCUT2D eigenvalue weighted by Gasteiger charge is -2.32. The van der Waals surface area contributed by atoms with Gasteiger partial charge in [-0.15, -0.1) is 0 Å². The van der Waals surface area contributed by atoms with Gasteiger partial charge in [-0.1, -0.05) is 56.3 Å². The predicted molar refractivity (Wildman–Crippen MR) is 126 cm³/mol. The first kappa shape index (κ1) is 27.0. The zero-order valence-corrected chi connectivity index (χ0v) is 19.7. The van der Waals surface area contributed by atoms with E-state index in [1.165, 1.54) is 6.92 Å². The monoisotopic (exact) mass is 475 g/mol. The Morgan fingerprint density at radius 1 is 1.09 bits per heavy atom. The number of benzene rings is 2. The number of ether oxygens (including phenoxy) is 1. The maximum atomic E-state index is 12.9. The van der Waals surface area contributed by atoms with Gasteiger partial charge in [-0.25, -0.2) is 9.59 Å². The van der Waals surface area contributed by atoms with E-state index in [-0.39, 0.29) is 37.9 Å². The zero-order chi connectivity index (χ0) is 25.3. The van der Waals surface area contributed by atoms with Crippen LogP contribution in [0.4, 0.5) is 4.79 Å². The number of amides is 3. The van der Waals surface area contributed by atoms with Crippen LogP contribution in [0.25, 0.3) is 10.8 Å². The highest BCUT2D eigenvalue weighted by Crippen LogP contribution is 2.17. The van der Waals surface area contributed by atoms with E-state index in [1.807, 2.05) is 56.3 Å². The molecule has 0 saturated carbocycles. The van der Waals surface area contributed by atoms with Gasteiger partial charge >= 0.3 is 12.0 Å². The molecule has 5 N–H and O–H groups in total. The number of carbonyl (C=O) groups is 3. The molecule has 0 spiro atoms. The molecule has 0 bridgehead atoms. The number of hydrogen-bond acceptors (Lipinski definition) is 6. The van der Waals surface area contributed by atoms with Crippen LogP contribution in [0, 0.1) is 5.92 Å². The van der Waals surface area contributed by atoms with Gasteiger partial charge in [-0.05, 0) is 22.3 Å².